The molecule has 2 aromatic rings. The molecule has 0 saturated heterocycles. The zero-order chi connectivity index (χ0) is 11.5. The third kappa shape index (κ3) is 2.08. The van der Waals surface area contributed by atoms with Gasteiger partial charge in [-0.2, -0.15) is 5.10 Å². The predicted octanol–water partition coefficient (Wildman–Crippen LogP) is 2.16. The van der Waals surface area contributed by atoms with Crippen LogP contribution in [0.4, 0.5) is 4.39 Å². The summed E-state index contributed by atoms with van der Waals surface area (Å²) in [5.74, 6) is 0.335. The van der Waals surface area contributed by atoms with Crippen LogP contribution in [0.1, 0.15) is 10.4 Å². The molecule has 0 aliphatic heterocycles. The maximum Gasteiger partial charge on any atom is 0.165 e. The maximum atomic E-state index is 12.8. The third-order valence-corrected chi connectivity index (χ3v) is 2.01. The minimum Gasteiger partial charge on any atom is -0.453 e. The summed E-state index contributed by atoms with van der Waals surface area (Å²) in [6.45, 7) is 0. The number of hydrogen-bond acceptors (Lipinski definition) is 3. The Morgan fingerprint density at radius 2 is 2.31 bits per heavy atom. The summed E-state index contributed by atoms with van der Waals surface area (Å²) in [4.78, 5) is 10.7. The van der Waals surface area contributed by atoms with Gasteiger partial charge in [0.25, 0.3) is 0 Å². The first kappa shape index (κ1) is 10.4. The van der Waals surface area contributed by atoms with E-state index in [1.165, 1.54) is 18.3 Å². The van der Waals surface area contributed by atoms with Crippen LogP contribution in [0.3, 0.4) is 0 Å². The summed E-state index contributed by atoms with van der Waals surface area (Å²) in [6, 6.07) is 3.77. The molecule has 0 aliphatic rings. The van der Waals surface area contributed by atoms with Gasteiger partial charge in [0.2, 0.25) is 0 Å². The van der Waals surface area contributed by atoms with Gasteiger partial charge in [0, 0.05) is 7.05 Å². The van der Waals surface area contributed by atoms with Crippen molar-refractivity contribution in [2.24, 2.45) is 7.05 Å². The number of aromatic nitrogens is 2. The average molecular weight is 220 g/mol. The number of carbonyl (C=O) groups is 1. The Morgan fingerprint density at radius 3 is 2.94 bits per heavy atom. The fourth-order valence-corrected chi connectivity index (χ4v) is 1.28. The molecule has 0 radical (unpaired) electrons. The Balaban J connectivity index is 2.30. The zero-order valence-corrected chi connectivity index (χ0v) is 8.55. The minimum atomic E-state index is -0.472. The summed E-state index contributed by atoms with van der Waals surface area (Å²) in [6.07, 6.45) is 3.71. The highest BCUT2D eigenvalue weighted by atomic mass is 19.1. The van der Waals surface area contributed by atoms with Gasteiger partial charge in [-0.3, -0.25) is 9.48 Å². The molecule has 0 amide bonds. The minimum absolute atomic E-state index is 0.170. The van der Waals surface area contributed by atoms with Crippen LogP contribution < -0.4 is 4.74 Å². The molecule has 16 heavy (non-hydrogen) atoms. The molecule has 0 atom stereocenters. The molecular weight excluding hydrogens is 211 g/mol. The van der Waals surface area contributed by atoms with Crippen molar-refractivity contribution >= 4 is 6.29 Å². The lowest BCUT2D eigenvalue weighted by atomic mass is 10.2. The van der Waals surface area contributed by atoms with Crippen molar-refractivity contribution in [3.05, 3.63) is 42.0 Å². The molecule has 1 aromatic heterocycles. The van der Waals surface area contributed by atoms with E-state index in [9.17, 15) is 9.18 Å². The van der Waals surface area contributed by atoms with Gasteiger partial charge in [0.1, 0.15) is 11.6 Å². The van der Waals surface area contributed by atoms with Crippen molar-refractivity contribution in [3.63, 3.8) is 0 Å². The number of aryl methyl sites for hydroxylation is 1. The molecule has 1 heterocycles. The molecule has 0 aliphatic carbocycles. The topological polar surface area (TPSA) is 44.1 Å². The highest BCUT2D eigenvalue weighted by molar-refractivity contribution is 5.79. The van der Waals surface area contributed by atoms with Crippen molar-refractivity contribution < 1.29 is 13.9 Å². The quantitative estimate of drug-likeness (QED) is 0.744. The second-order valence-electron chi connectivity index (χ2n) is 3.25. The maximum absolute atomic E-state index is 12.8. The van der Waals surface area contributed by atoms with Crippen molar-refractivity contribution in [2.75, 3.05) is 0 Å². The number of rotatable bonds is 3. The fraction of sp³-hybridized carbons (Fsp3) is 0.0909. The number of nitrogens with zero attached hydrogens (tertiary/aromatic N) is 2. The van der Waals surface area contributed by atoms with Crippen molar-refractivity contribution in [3.8, 4) is 11.5 Å². The average Bonchev–Trinajstić information content (AvgIpc) is 2.67. The Bertz CT molecular complexity index is 522. The highest BCUT2D eigenvalue weighted by Gasteiger charge is 2.06. The number of carbonyl (C=O) groups excluding carboxylic acids is 1. The standard InChI is InChI=1S/C11H9FN2O2/c1-14-6-10(5-13-14)16-11-3-2-9(12)4-8(11)7-15/h2-7H,1H3. The SMILES string of the molecule is Cn1cc(Oc2ccc(F)cc2C=O)cn1. The molecule has 4 nitrogen and oxygen atoms in total. The molecule has 0 bridgehead atoms. The molecule has 1 aromatic carbocycles. The second-order valence-corrected chi connectivity index (χ2v) is 3.25. The molecule has 82 valence electrons. The lowest BCUT2D eigenvalue weighted by Crippen LogP contribution is -1.91. The molecule has 0 unspecified atom stereocenters. The molecule has 2 rings (SSSR count). The van der Waals surface area contributed by atoms with Gasteiger partial charge in [-0.05, 0) is 18.2 Å². The van der Waals surface area contributed by atoms with Crippen LogP contribution in [0.5, 0.6) is 11.5 Å². The molecule has 0 fully saturated rings. The predicted molar refractivity (Wildman–Crippen MR) is 55.1 cm³/mol. The van der Waals surface area contributed by atoms with Crippen LogP contribution in [0, 0.1) is 5.82 Å². The van der Waals surface area contributed by atoms with Gasteiger partial charge in [-0.15, -0.1) is 0 Å². The Hall–Kier alpha value is -2.17. The molecule has 0 saturated carbocycles. The van der Waals surface area contributed by atoms with Gasteiger partial charge >= 0.3 is 0 Å². The van der Waals surface area contributed by atoms with E-state index in [0.717, 1.165) is 6.07 Å². The van der Waals surface area contributed by atoms with E-state index < -0.39 is 5.82 Å². The van der Waals surface area contributed by atoms with Crippen LogP contribution in [0.15, 0.2) is 30.6 Å². The van der Waals surface area contributed by atoms with E-state index in [1.807, 2.05) is 0 Å². The summed E-state index contributed by atoms with van der Waals surface area (Å²) in [5, 5.41) is 3.92. The van der Waals surface area contributed by atoms with E-state index in [-0.39, 0.29) is 5.56 Å². The number of benzene rings is 1. The summed E-state index contributed by atoms with van der Waals surface area (Å²) in [5.41, 5.74) is 0.170. The van der Waals surface area contributed by atoms with E-state index in [0.29, 0.717) is 17.8 Å². The van der Waals surface area contributed by atoms with Crippen LogP contribution in [-0.2, 0) is 7.05 Å². The normalized spacial score (nSPS) is 10.1. The summed E-state index contributed by atoms with van der Waals surface area (Å²) in [7, 11) is 1.75. The van der Waals surface area contributed by atoms with E-state index in [4.69, 9.17) is 4.74 Å². The number of halogens is 1. The smallest absolute Gasteiger partial charge is 0.165 e. The van der Waals surface area contributed by atoms with Crippen LogP contribution >= 0.6 is 0 Å². The van der Waals surface area contributed by atoms with Crippen LogP contribution in [0.2, 0.25) is 0 Å². The largest absolute Gasteiger partial charge is 0.453 e. The van der Waals surface area contributed by atoms with E-state index in [1.54, 1.807) is 17.9 Å². The number of aldehydes is 1. The lowest BCUT2D eigenvalue weighted by molar-refractivity contribution is 0.112. The molecular formula is C11H9FN2O2. The van der Waals surface area contributed by atoms with Gasteiger partial charge in [-0.25, -0.2) is 4.39 Å². The van der Waals surface area contributed by atoms with Gasteiger partial charge in [-0.1, -0.05) is 0 Å². The number of hydrogen-bond donors (Lipinski definition) is 0. The molecule has 0 spiro atoms. The van der Waals surface area contributed by atoms with Gasteiger partial charge < -0.3 is 4.74 Å². The monoisotopic (exact) mass is 220 g/mol. The first-order valence-corrected chi connectivity index (χ1v) is 4.60. The first-order chi connectivity index (χ1) is 7.69. The Kier molecular flexibility index (Phi) is 2.68. The first-order valence-electron chi connectivity index (χ1n) is 4.60. The zero-order valence-electron chi connectivity index (χ0n) is 8.55. The van der Waals surface area contributed by atoms with E-state index >= 15 is 0 Å². The fourth-order valence-electron chi connectivity index (χ4n) is 1.28. The van der Waals surface area contributed by atoms with Gasteiger partial charge in [0.15, 0.2) is 12.0 Å². The summed E-state index contributed by atoms with van der Waals surface area (Å²) >= 11 is 0. The molecule has 0 N–H and O–H groups in total. The third-order valence-electron chi connectivity index (χ3n) is 2.01. The Morgan fingerprint density at radius 1 is 1.50 bits per heavy atom. The van der Waals surface area contributed by atoms with Crippen LogP contribution in [-0.4, -0.2) is 16.1 Å². The number of ether oxygens (including phenoxy) is 1. The lowest BCUT2D eigenvalue weighted by Gasteiger charge is -2.04. The van der Waals surface area contributed by atoms with Crippen LogP contribution in [0.25, 0.3) is 0 Å². The Labute approximate surface area is 91.3 Å². The second kappa shape index (κ2) is 4.14. The van der Waals surface area contributed by atoms with Gasteiger partial charge in [0.05, 0.1) is 18.0 Å². The van der Waals surface area contributed by atoms with Crippen molar-refractivity contribution in [2.45, 2.75) is 0 Å². The van der Waals surface area contributed by atoms with E-state index in [2.05, 4.69) is 5.10 Å². The van der Waals surface area contributed by atoms with Crippen molar-refractivity contribution in [1.29, 1.82) is 0 Å². The molecule has 5 heteroatoms. The van der Waals surface area contributed by atoms with Crippen molar-refractivity contribution in [1.82, 2.24) is 9.78 Å². The summed E-state index contributed by atoms with van der Waals surface area (Å²) < 4.78 is 19.8. The highest BCUT2D eigenvalue weighted by Crippen LogP contribution is 2.24.